The fourth-order valence-electron chi connectivity index (χ4n) is 5.19. The summed E-state index contributed by atoms with van der Waals surface area (Å²) < 4.78 is 27.6. The zero-order valence-corrected chi connectivity index (χ0v) is 17.6. The fourth-order valence-corrected chi connectivity index (χ4v) is 5.35. The van der Waals surface area contributed by atoms with Crippen molar-refractivity contribution in [2.24, 2.45) is 16.8 Å². The molecule has 156 valence electrons. The van der Waals surface area contributed by atoms with E-state index in [9.17, 15) is 8.78 Å². The number of rotatable bonds is 3. The Morgan fingerprint density at radius 2 is 1.90 bits per heavy atom. The summed E-state index contributed by atoms with van der Waals surface area (Å²) in [4.78, 5) is 12.5. The Morgan fingerprint density at radius 1 is 1.10 bits per heavy atom. The van der Waals surface area contributed by atoms with Gasteiger partial charge in [-0.1, -0.05) is 24.1 Å². The first-order chi connectivity index (χ1) is 14.5. The van der Waals surface area contributed by atoms with Gasteiger partial charge < -0.3 is 4.98 Å². The Kier molecular flexibility index (Phi) is 5.10. The second kappa shape index (κ2) is 7.77. The Balaban J connectivity index is 1.35. The fraction of sp³-hybridized carbons (Fsp3) is 0.417. The van der Waals surface area contributed by atoms with Gasteiger partial charge in [0.2, 0.25) is 0 Å². The summed E-state index contributed by atoms with van der Waals surface area (Å²) >= 11 is 5.90. The molecule has 6 heteroatoms. The molecule has 3 nitrogen and oxygen atoms in total. The average Bonchev–Trinajstić information content (AvgIpc) is 3.16. The molecule has 0 saturated heterocycles. The minimum atomic E-state index is -0.430. The van der Waals surface area contributed by atoms with Crippen molar-refractivity contribution < 1.29 is 8.78 Å². The van der Waals surface area contributed by atoms with E-state index in [0.717, 1.165) is 55.0 Å². The molecule has 2 heterocycles. The Morgan fingerprint density at radius 3 is 2.70 bits per heavy atom. The molecule has 0 spiro atoms. The lowest BCUT2D eigenvalue weighted by molar-refractivity contribution is 0.275. The Bertz CT molecular complexity index is 1190. The molecule has 3 aromatic rings. The normalized spacial score (nSPS) is 22.6. The minimum Gasteiger partial charge on any atom is -0.342 e. The molecule has 1 aromatic heterocycles. The van der Waals surface area contributed by atoms with Crippen LogP contribution in [0.15, 0.2) is 35.3 Å². The number of halogens is 3. The second-order valence-electron chi connectivity index (χ2n) is 8.62. The first-order valence-corrected chi connectivity index (χ1v) is 11.0. The van der Waals surface area contributed by atoms with Crippen molar-refractivity contribution in [2.75, 3.05) is 6.54 Å². The van der Waals surface area contributed by atoms with Gasteiger partial charge in [-0.2, -0.15) is 0 Å². The van der Waals surface area contributed by atoms with Crippen LogP contribution in [0.4, 0.5) is 8.78 Å². The van der Waals surface area contributed by atoms with E-state index in [0.29, 0.717) is 22.9 Å². The Labute approximate surface area is 178 Å². The molecule has 0 bridgehead atoms. The van der Waals surface area contributed by atoms with Crippen molar-refractivity contribution in [3.8, 4) is 0 Å². The third kappa shape index (κ3) is 3.53. The lowest BCUT2D eigenvalue weighted by Crippen LogP contribution is -2.34. The lowest BCUT2D eigenvalue weighted by Gasteiger charge is -2.33. The lowest BCUT2D eigenvalue weighted by atomic mass is 9.73. The highest BCUT2D eigenvalue weighted by molar-refractivity contribution is 6.31. The number of fused-ring (bicyclic) bond motifs is 2. The highest BCUT2D eigenvalue weighted by Gasteiger charge is 2.30. The second-order valence-corrected chi connectivity index (χ2v) is 9.03. The number of benzene rings is 2. The molecule has 5 rings (SSSR count). The van der Waals surface area contributed by atoms with Crippen LogP contribution in [0, 0.1) is 23.5 Å². The van der Waals surface area contributed by atoms with Crippen molar-refractivity contribution in [1.82, 2.24) is 9.97 Å². The number of hydrogen-bond donors (Lipinski definition) is 1. The predicted octanol–water partition coefficient (Wildman–Crippen LogP) is 5.28. The van der Waals surface area contributed by atoms with Crippen LogP contribution < -0.4 is 10.6 Å². The SMILES string of the molecule is C[C@H](c1nc2cc(Cl)c(F)cc2[nH]1)C1CCC(C2=c3cc(F)ccc3=NCC2)CC1. The smallest absolute Gasteiger partial charge is 0.144 e. The van der Waals surface area contributed by atoms with Crippen molar-refractivity contribution in [1.29, 1.82) is 0 Å². The third-order valence-electron chi connectivity index (χ3n) is 6.91. The average molecular weight is 428 g/mol. The summed E-state index contributed by atoms with van der Waals surface area (Å²) in [5.41, 5.74) is 2.77. The van der Waals surface area contributed by atoms with Crippen molar-refractivity contribution in [3.05, 3.63) is 63.4 Å². The van der Waals surface area contributed by atoms with Gasteiger partial charge in [0.15, 0.2) is 0 Å². The topological polar surface area (TPSA) is 41.0 Å². The molecular weight excluding hydrogens is 404 g/mol. The van der Waals surface area contributed by atoms with Crippen LogP contribution in [0.5, 0.6) is 0 Å². The highest BCUT2D eigenvalue weighted by Crippen LogP contribution is 2.41. The predicted molar refractivity (Wildman–Crippen MR) is 115 cm³/mol. The van der Waals surface area contributed by atoms with Gasteiger partial charge in [-0.25, -0.2) is 13.8 Å². The molecule has 2 aliphatic rings. The van der Waals surface area contributed by atoms with Crippen LogP contribution in [-0.4, -0.2) is 16.5 Å². The van der Waals surface area contributed by atoms with Crippen molar-refractivity contribution in [2.45, 2.75) is 44.9 Å². The first kappa shape index (κ1) is 19.7. The standard InChI is InChI=1S/C24H24ClF2N3/c1-13(24-29-22-11-19(25)20(27)12-23(22)30-24)14-2-4-15(5-3-14)17-8-9-28-21-7-6-16(26)10-18(17)21/h6-7,10-15H,2-5,8-9H2,1H3,(H,29,30)/t13-,14?,15?/m0/s1. The zero-order valence-electron chi connectivity index (χ0n) is 16.9. The zero-order chi connectivity index (χ0) is 20.8. The summed E-state index contributed by atoms with van der Waals surface area (Å²) in [6, 6.07) is 7.95. The molecule has 1 saturated carbocycles. The number of nitrogens with one attached hydrogen (secondary N) is 1. The molecule has 2 aromatic carbocycles. The quantitative estimate of drug-likeness (QED) is 0.607. The van der Waals surface area contributed by atoms with Gasteiger partial charge in [0.1, 0.15) is 17.5 Å². The molecule has 0 unspecified atom stereocenters. The van der Waals surface area contributed by atoms with Crippen LogP contribution >= 0.6 is 11.6 Å². The maximum atomic E-state index is 13.8. The summed E-state index contributed by atoms with van der Waals surface area (Å²) in [5.74, 6) is 1.55. The monoisotopic (exact) mass is 427 g/mol. The molecule has 30 heavy (non-hydrogen) atoms. The summed E-state index contributed by atoms with van der Waals surface area (Å²) in [6.07, 6.45) is 5.33. The summed E-state index contributed by atoms with van der Waals surface area (Å²) in [7, 11) is 0. The van der Waals surface area contributed by atoms with E-state index in [1.165, 1.54) is 17.7 Å². The van der Waals surface area contributed by atoms with E-state index in [2.05, 4.69) is 21.9 Å². The van der Waals surface area contributed by atoms with E-state index in [-0.39, 0.29) is 16.8 Å². The third-order valence-corrected chi connectivity index (χ3v) is 7.20. The van der Waals surface area contributed by atoms with Crippen molar-refractivity contribution in [3.63, 3.8) is 0 Å². The number of aromatic amines is 1. The summed E-state index contributed by atoms with van der Waals surface area (Å²) in [5, 5.41) is 2.04. The molecule has 1 N–H and O–H groups in total. The van der Waals surface area contributed by atoms with Crippen LogP contribution in [0.1, 0.15) is 50.8 Å². The van der Waals surface area contributed by atoms with Gasteiger partial charge in [-0.15, -0.1) is 0 Å². The maximum absolute atomic E-state index is 13.8. The number of imidazole rings is 1. The van der Waals surface area contributed by atoms with Gasteiger partial charge in [-0.05, 0) is 68.2 Å². The molecular formula is C24H24ClF2N3. The molecule has 1 aliphatic carbocycles. The van der Waals surface area contributed by atoms with E-state index in [4.69, 9.17) is 11.6 Å². The van der Waals surface area contributed by atoms with Crippen LogP contribution in [0.2, 0.25) is 5.02 Å². The van der Waals surface area contributed by atoms with Crippen molar-refractivity contribution >= 4 is 28.2 Å². The number of aromatic nitrogens is 2. The molecule has 0 amide bonds. The molecule has 0 radical (unpaired) electrons. The van der Waals surface area contributed by atoms with E-state index in [1.54, 1.807) is 18.2 Å². The van der Waals surface area contributed by atoms with Gasteiger partial charge in [0, 0.05) is 23.7 Å². The number of hydrogen-bond acceptors (Lipinski definition) is 2. The van der Waals surface area contributed by atoms with Gasteiger partial charge in [0.05, 0.1) is 21.4 Å². The minimum absolute atomic E-state index is 0.0988. The molecule has 1 aliphatic heterocycles. The van der Waals surface area contributed by atoms with Crippen LogP contribution in [-0.2, 0) is 0 Å². The number of H-pyrrole nitrogens is 1. The van der Waals surface area contributed by atoms with E-state index < -0.39 is 5.82 Å². The first-order valence-electron chi connectivity index (χ1n) is 10.7. The summed E-state index contributed by atoms with van der Waals surface area (Å²) in [6.45, 7) is 2.99. The number of nitrogens with zero attached hydrogens (tertiary/aromatic N) is 2. The van der Waals surface area contributed by atoms with Gasteiger partial charge in [0.25, 0.3) is 0 Å². The van der Waals surface area contributed by atoms with E-state index >= 15 is 0 Å². The van der Waals surface area contributed by atoms with Crippen LogP contribution in [0.3, 0.4) is 0 Å². The Hall–Kier alpha value is -2.27. The molecule has 1 fully saturated rings. The van der Waals surface area contributed by atoms with Crippen LogP contribution in [0.25, 0.3) is 16.6 Å². The highest BCUT2D eigenvalue weighted by atomic mass is 35.5. The van der Waals surface area contributed by atoms with Gasteiger partial charge in [-0.3, -0.25) is 4.99 Å². The maximum Gasteiger partial charge on any atom is 0.144 e. The van der Waals surface area contributed by atoms with Gasteiger partial charge >= 0.3 is 0 Å². The molecule has 1 atom stereocenters. The largest absolute Gasteiger partial charge is 0.342 e. The van der Waals surface area contributed by atoms with E-state index in [1.807, 2.05) is 0 Å².